The van der Waals surface area contributed by atoms with Gasteiger partial charge in [0, 0.05) is 29.5 Å². The topological polar surface area (TPSA) is 53.3 Å². The Morgan fingerprint density at radius 3 is 2.57 bits per heavy atom. The van der Waals surface area contributed by atoms with Crippen LogP contribution in [0.2, 0.25) is 0 Å². The first-order valence-corrected chi connectivity index (χ1v) is 10.2. The number of H-pyrrole nitrogens is 1. The van der Waals surface area contributed by atoms with Crippen LogP contribution in [0.15, 0.2) is 77.9 Å². The number of para-hydroxylation sites is 2. The summed E-state index contributed by atoms with van der Waals surface area (Å²) in [6, 6.07) is 22.9. The van der Waals surface area contributed by atoms with Gasteiger partial charge >= 0.3 is 0 Å². The number of aromatic hydroxyl groups is 1. The Labute approximate surface area is 174 Å². The van der Waals surface area contributed by atoms with Crippen molar-refractivity contribution in [3.63, 3.8) is 0 Å². The molecular formula is C26H21N3O. The molecule has 0 bridgehead atoms. The van der Waals surface area contributed by atoms with Gasteiger partial charge in [0.1, 0.15) is 0 Å². The van der Waals surface area contributed by atoms with Gasteiger partial charge in [-0.3, -0.25) is 4.99 Å². The number of hydrogen-bond acceptors (Lipinski definition) is 2. The summed E-state index contributed by atoms with van der Waals surface area (Å²) in [5.74, 6) is 0.206. The van der Waals surface area contributed by atoms with Gasteiger partial charge in [-0.1, -0.05) is 48.5 Å². The highest BCUT2D eigenvalue weighted by Crippen LogP contribution is 2.47. The Balaban J connectivity index is 1.67. The fraction of sp³-hybridized carbons (Fsp3) is 0.115. The van der Waals surface area contributed by atoms with E-state index < -0.39 is 0 Å². The lowest BCUT2D eigenvalue weighted by Gasteiger charge is -2.15. The number of nitrogens with one attached hydrogen (secondary N) is 1. The van der Waals surface area contributed by atoms with Crippen molar-refractivity contribution >= 4 is 33.2 Å². The fourth-order valence-corrected chi connectivity index (χ4v) is 4.82. The van der Waals surface area contributed by atoms with E-state index >= 15 is 0 Å². The van der Waals surface area contributed by atoms with E-state index in [1.807, 2.05) is 35.9 Å². The van der Waals surface area contributed by atoms with Crippen molar-refractivity contribution in [1.82, 2.24) is 9.55 Å². The number of benzene rings is 3. The number of rotatable bonds is 2. The van der Waals surface area contributed by atoms with Gasteiger partial charge in [-0.15, -0.1) is 0 Å². The number of aryl methyl sites for hydroxylation is 2. The molecule has 0 amide bonds. The molecule has 30 heavy (non-hydrogen) atoms. The summed E-state index contributed by atoms with van der Waals surface area (Å²) >= 11 is 0. The maximum absolute atomic E-state index is 11.1. The van der Waals surface area contributed by atoms with Crippen LogP contribution in [0.25, 0.3) is 21.8 Å². The van der Waals surface area contributed by atoms with Gasteiger partial charge in [0.15, 0.2) is 0 Å². The lowest BCUT2D eigenvalue weighted by Crippen LogP contribution is -2.11. The van der Waals surface area contributed by atoms with Gasteiger partial charge in [0.2, 0.25) is 5.88 Å². The zero-order valence-corrected chi connectivity index (χ0v) is 16.8. The quantitative estimate of drug-likeness (QED) is 0.384. The van der Waals surface area contributed by atoms with Gasteiger partial charge in [0.25, 0.3) is 0 Å². The third kappa shape index (κ3) is 2.25. The van der Waals surface area contributed by atoms with Crippen LogP contribution in [0.5, 0.6) is 5.88 Å². The van der Waals surface area contributed by atoms with Crippen LogP contribution < -0.4 is 0 Å². The molecule has 1 atom stereocenters. The summed E-state index contributed by atoms with van der Waals surface area (Å²) in [5, 5.41) is 13.3. The molecule has 4 nitrogen and oxygen atoms in total. The SMILES string of the molecule is Cc1ccc2c(c1)N=C(c1c(O)n(C)c3ccccc13)C2c1c[nH]c2ccccc12. The first kappa shape index (κ1) is 17.1. The van der Waals surface area contributed by atoms with E-state index in [-0.39, 0.29) is 11.8 Å². The number of aliphatic imine (C=N–C) groups is 1. The predicted molar refractivity (Wildman–Crippen MR) is 122 cm³/mol. The van der Waals surface area contributed by atoms with E-state index in [2.05, 4.69) is 60.6 Å². The zero-order chi connectivity index (χ0) is 20.4. The minimum absolute atomic E-state index is 0.0477. The summed E-state index contributed by atoms with van der Waals surface area (Å²) in [7, 11) is 1.90. The number of aromatic amines is 1. The summed E-state index contributed by atoms with van der Waals surface area (Å²) in [4.78, 5) is 8.49. The molecule has 0 aliphatic carbocycles. The van der Waals surface area contributed by atoms with Gasteiger partial charge in [0.05, 0.1) is 28.4 Å². The number of aromatic nitrogens is 2. The molecule has 146 valence electrons. The first-order valence-electron chi connectivity index (χ1n) is 10.2. The molecule has 0 fully saturated rings. The third-order valence-corrected chi connectivity index (χ3v) is 6.28. The van der Waals surface area contributed by atoms with E-state index in [1.54, 1.807) is 0 Å². The largest absolute Gasteiger partial charge is 0.494 e. The van der Waals surface area contributed by atoms with Crippen LogP contribution in [0, 0.1) is 6.92 Å². The van der Waals surface area contributed by atoms with Crippen LogP contribution in [-0.2, 0) is 7.05 Å². The zero-order valence-electron chi connectivity index (χ0n) is 16.8. The normalized spacial score (nSPS) is 15.7. The fourth-order valence-electron chi connectivity index (χ4n) is 4.82. The molecule has 2 aromatic heterocycles. The van der Waals surface area contributed by atoms with Gasteiger partial charge in [-0.05, 0) is 41.8 Å². The Morgan fingerprint density at radius 2 is 1.70 bits per heavy atom. The minimum atomic E-state index is -0.0477. The van der Waals surface area contributed by atoms with Crippen molar-refractivity contribution in [2.75, 3.05) is 0 Å². The molecule has 3 heterocycles. The average molecular weight is 391 g/mol. The van der Waals surface area contributed by atoms with E-state index in [9.17, 15) is 5.11 Å². The molecule has 1 aliphatic rings. The predicted octanol–water partition coefficient (Wildman–Crippen LogP) is 5.94. The Hall–Kier alpha value is -3.79. The van der Waals surface area contributed by atoms with E-state index in [0.717, 1.165) is 33.4 Å². The summed E-state index contributed by atoms with van der Waals surface area (Å²) in [6.45, 7) is 2.09. The Morgan fingerprint density at radius 1 is 0.933 bits per heavy atom. The number of fused-ring (bicyclic) bond motifs is 3. The third-order valence-electron chi connectivity index (χ3n) is 6.28. The molecular weight excluding hydrogens is 370 g/mol. The number of nitrogens with zero attached hydrogens (tertiary/aromatic N) is 2. The van der Waals surface area contributed by atoms with Crippen LogP contribution >= 0.6 is 0 Å². The summed E-state index contributed by atoms with van der Waals surface area (Å²) < 4.78 is 1.84. The van der Waals surface area contributed by atoms with Crippen molar-refractivity contribution in [3.8, 4) is 5.88 Å². The van der Waals surface area contributed by atoms with Crippen LogP contribution in [0.3, 0.4) is 0 Å². The second-order valence-corrected chi connectivity index (χ2v) is 8.06. The first-order chi connectivity index (χ1) is 14.6. The molecule has 4 heteroatoms. The van der Waals surface area contributed by atoms with Crippen molar-refractivity contribution in [1.29, 1.82) is 0 Å². The lowest BCUT2D eigenvalue weighted by atomic mass is 9.85. The maximum Gasteiger partial charge on any atom is 0.201 e. The molecule has 6 rings (SSSR count). The molecule has 1 aliphatic heterocycles. The minimum Gasteiger partial charge on any atom is -0.494 e. The Bertz CT molecular complexity index is 1490. The molecule has 0 saturated heterocycles. The van der Waals surface area contributed by atoms with Crippen molar-refractivity contribution in [2.45, 2.75) is 12.8 Å². The highest BCUT2D eigenvalue weighted by molar-refractivity contribution is 6.20. The average Bonchev–Trinajstić information content (AvgIpc) is 3.40. The summed E-state index contributed by atoms with van der Waals surface area (Å²) in [6.07, 6.45) is 2.09. The van der Waals surface area contributed by atoms with Crippen molar-refractivity contribution in [3.05, 3.63) is 95.2 Å². The molecule has 3 aromatic carbocycles. The molecule has 1 unspecified atom stereocenters. The highest BCUT2D eigenvalue weighted by atomic mass is 16.3. The number of hydrogen-bond donors (Lipinski definition) is 2. The van der Waals surface area contributed by atoms with E-state index in [4.69, 9.17) is 4.99 Å². The molecule has 2 N–H and O–H groups in total. The smallest absolute Gasteiger partial charge is 0.201 e. The van der Waals surface area contributed by atoms with Gasteiger partial charge < -0.3 is 14.7 Å². The van der Waals surface area contributed by atoms with Crippen molar-refractivity contribution in [2.24, 2.45) is 12.0 Å². The van der Waals surface area contributed by atoms with E-state index in [0.29, 0.717) is 0 Å². The van der Waals surface area contributed by atoms with Crippen LogP contribution in [0.1, 0.15) is 28.2 Å². The molecule has 0 spiro atoms. The van der Waals surface area contributed by atoms with Crippen LogP contribution in [-0.4, -0.2) is 20.4 Å². The monoisotopic (exact) mass is 391 g/mol. The molecule has 0 saturated carbocycles. The second kappa shape index (κ2) is 6.10. The molecule has 0 radical (unpaired) electrons. The standard InChI is InChI=1S/C26H21N3O/c1-15-11-12-17-21(13-15)28-25(23(17)19-14-27-20-9-5-3-7-16(19)20)24-18-8-4-6-10-22(18)29(2)26(24)30/h3-14,23,27,30H,1-2H3. The van der Waals surface area contributed by atoms with Crippen molar-refractivity contribution < 1.29 is 5.11 Å². The lowest BCUT2D eigenvalue weighted by molar-refractivity contribution is 0.434. The van der Waals surface area contributed by atoms with Gasteiger partial charge in [-0.2, -0.15) is 0 Å². The van der Waals surface area contributed by atoms with Gasteiger partial charge in [-0.25, -0.2) is 0 Å². The molecule has 5 aromatic rings. The van der Waals surface area contributed by atoms with Crippen LogP contribution in [0.4, 0.5) is 5.69 Å². The highest BCUT2D eigenvalue weighted by Gasteiger charge is 2.35. The summed E-state index contributed by atoms with van der Waals surface area (Å²) in [5.41, 5.74) is 8.33. The van der Waals surface area contributed by atoms with E-state index in [1.165, 1.54) is 22.1 Å². The second-order valence-electron chi connectivity index (χ2n) is 8.06. The maximum atomic E-state index is 11.1. The Kier molecular flexibility index (Phi) is 3.48.